The van der Waals surface area contributed by atoms with E-state index in [1.165, 1.54) is 0 Å². The Morgan fingerprint density at radius 2 is 1.64 bits per heavy atom. The molecule has 0 saturated carbocycles. The highest BCUT2D eigenvalue weighted by molar-refractivity contribution is 6.39. The summed E-state index contributed by atoms with van der Waals surface area (Å²) in [6, 6.07) is 14.6. The third-order valence-electron chi connectivity index (χ3n) is 3.00. The van der Waals surface area contributed by atoms with Gasteiger partial charge in [0, 0.05) is 10.7 Å². The number of hydrogen-bond donors (Lipinski definition) is 3. The SMILES string of the molecule is O=C(Nc1ccccc1)C(=O)NC(CO)c1ccc(Cl)cc1. The smallest absolute Gasteiger partial charge is 0.313 e. The standard InChI is InChI=1S/C16H15ClN2O3/c17-12-8-6-11(7-9-12)14(10-20)19-16(22)15(21)18-13-4-2-1-3-5-13/h1-9,14,20H,10H2,(H,18,21)(H,19,22). The molecule has 3 N–H and O–H groups in total. The minimum absolute atomic E-state index is 0.327. The summed E-state index contributed by atoms with van der Waals surface area (Å²) < 4.78 is 0. The second kappa shape index (κ2) is 7.59. The first-order chi connectivity index (χ1) is 10.6. The van der Waals surface area contributed by atoms with E-state index in [9.17, 15) is 14.7 Å². The van der Waals surface area contributed by atoms with Gasteiger partial charge in [0.2, 0.25) is 0 Å². The molecule has 22 heavy (non-hydrogen) atoms. The lowest BCUT2D eigenvalue weighted by Gasteiger charge is -2.16. The molecule has 0 bridgehead atoms. The molecule has 114 valence electrons. The van der Waals surface area contributed by atoms with Crippen molar-refractivity contribution in [2.45, 2.75) is 6.04 Å². The lowest BCUT2D eigenvalue weighted by Crippen LogP contribution is -2.39. The van der Waals surface area contributed by atoms with Gasteiger partial charge < -0.3 is 15.7 Å². The topological polar surface area (TPSA) is 78.4 Å². The molecule has 0 saturated heterocycles. The van der Waals surface area contributed by atoms with E-state index in [-0.39, 0.29) is 6.61 Å². The van der Waals surface area contributed by atoms with Crippen molar-refractivity contribution in [3.63, 3.8) is 0 Å². The zero-order valence-corrected chi connectivity index (χ0v) is 12.4. The summed E-state index contributed by atoms with van der Waals surface area (Å²) in [4.78, 5) is 23.7. The molecular weight excluding hydrogens is 304 g/mol. The monoisotopic (exact) mass is 318 g/mol. The van der Waals surface area contributed by atoms with E-state index in [0.717, 1.165) is 0 Å². The molecule has 0 aliphatic carbocycles. The molecule has 2 rings (SSSR count). The van der Waals surface area contributed by atoms with Crippen LogP contribution in [-0.2, 0) is 9.59 Å². The van der Waals surface area contributed by atoms with Gasteiger partial charge in [-0.2, -0.15) is 0 Å². The normalized spacial score (nSPS) is 11.5. The van der Waals surface area contributed by atoms with Crippen LogP contribution in [0.3, 0.4) is 0 Å². The Balaban J connectivity index is 1.99. The van der Waals surface area contributed by atoms with E-state index in [2.05, 4.69) is 10.6 Å². The number of nitrogens with one attached hydrogen (secondary N) is 2. The van der Waals surface area contributed by atoms with Crippen LogP contribution in [0.25, 0.3) is 0 Å². The predicted octanol–water partition coefficient (Wildman–Crippen LogP) is 2.13. The van der Waals surface area contributed by atoms with E-state index in [4.69, 9.17) is 11.6 Å². The second-order valence-corrected chi connectivity index (χ2v) is 5.02. The molecule has 5 nitrogen and oxygen atoms in total. The molecule has 0 aromatic heterocycles. The van der Waals surface area contributed by atoms with Crippen molar-refractivity contribution in [2.24, 2.45) is 0 Å². The summed E-state index contributed by atoms with van der Waals surface area (Å²) in [5.41, 5.74) is 1.18. The van der Waals surface area contributed by atoms with Gasteiger partial charge in [-0.05, 0) is 29.8 Å². The quantitative estimate of drug-likeness (QED) is 0.756. The molecule has 0 aliphatic rings. The molecular formula is C16H15ClN2O3. The minimum Gasteiger partial charge on any atom is -0.394 e. The third-order valence-corrected chi connectivity index (χ3v) is 3.25. The van der Waals surface area contributed by atoms with Gasteiger partial charge in [0.15, 0.2) is 0 Å². The van der Waals surface area contributed by atoms with Crippen molar-refractivity contribution in [1.29, 1.82) is 0 Å². The van der Waals surface area contributed by atoms with Crippen molar-refractivity contribution in [3.05, 3.63) is 65.2 Å². The van der Waals surface area contributed by atoms with E-state index in [1.54, 1.807) is 54.6 Å². The van der Waals surface area contributed by atoms with E-state index >= 15 is 0 Å². The summed E-state index contributed by atoms with van der Waals surface area (Å²) in [5, 5.41) is 14.9. The number of halogens is 1. The van der Waals surface area contributed by atoms with Gasteiger partial charge >= 0.3 is 11.8 Å². The highest BCUT2D eigenvalue weighted by atomic mass is 35.5. The van der Waals surface area contributed by atoms with Gasteiger partial charge in [0.25, 0.3) is 0 Å². The Labute approximate surface area is 132 Å². The maximum Gasteiger partial charge on any atom is 0.313 e. The van der Waals surface area contributed by atoms with Crippen LogP contribution in [0.15, 0.2) is 54.6 Å². The summed E-state index contributed by atoms with van der Waals surface area (Å²) >= 11 is 5.79. The minimum atomic E-state index is -0.821. The van der Waals surface area contributed by atoms with E-state index < -0.39 is 17.9 Å². The van der Waals surface area contributed by atoms with Crippen LogP contribution in [0.5, 0.6) is 0 Å². The molecule has 0 radical (unpaired) electrons. The second-order valence-electron chi connectivity index (χ2n) is 4.58. The highest BCUT2D eigenvalue weighted by Gasteiger charge is 2.19. The number of amides is 2. The Kier molecular flexibility index (Phi) is 5.52. The van der Waals surface area contributed by atoms with Crippen LogP contribution in [0.4, 0.5) is 5.69 Å². The molecule has 2 aromatic carbocycles. The van der Waals surface area contributed by atoms with Crippen LogP contribution >= 0.6 is 11.6 Å². The maximum atomic E-state index is 11.9. The Bertz CT molecular complexity index is 644. The number of benzene rings is 2. The fraction of sp³-hybridized carbons (Fsp3) is 0.125. The van der Waals surface area contributed by atoms with Crippen LogP contribution in [-0.4, -0.2) is 23.5 Å². The predicted molar refractivity (Wildman–Crippen MR) is 84.5 cm³/mol. The summed E-state index contributed by atoms with van der Waals surface area (Å²) in [6.07, 6.45) is 0. The average molecular weight is 319 g/mol. The molecule has 0 aliphatic heterocycles. The van der Waals surface area contributed by atoms with Crippen molar-refractivity contribution in [2.75, 3.05) is 11.9 Å². The Morgan fingerprint density at radius 3 is 2.23 bits per heavy atom. The molecule has 0 heterocycles. The van der Waals surface area contributed by atoms with Crippen molar-refractivity contribution in [3.8, 4) is 0 Å². The zero-order valence-electron chi connectivity index (χ0n) is 11.6. The number of hydrogen-bond acceptors (Lipinski definition) is 3. The molecule has 1 atom stereocenters. The van der Waals surface area contributed by atoms with Gasteiger partial charge in [0.1, 0.15) is 0 Å². The van der Waals surface area contributed by atoms with Gasteiger partial charge in [-0.15, -0.1) is 0 Å². The van der Waals surface area contributed by atoms with Gasteiger partial charge in [-0.25, -0.2) is 0 Å². The molecule has 2 amide bonds. The molecule has 0 spiro atoms. The molecule has 1 unspecified atom stereocenters. The zero-order chi connectivity index (χ0) is 15.9. The Hall–Kier alpha value is -2.37. The number of rotatable bonds is 4. The lowest BCUT2D eigenvalue weighted by atomic mass is 10.1. The average Bonchev–Trinajstić information content (AvgIpc) is 2.54. The van der Waals surface area contributed by atoms with Crippen LogP contribution < -0.4 is 10.6 Å². The highest BCUT2D eigenvalue weighted by Crippen LogP contribution is 2.16. The van der Waals surface area contributed by atoms with Gasteiger partial charge in [-0.1, -0.05) is 41.9 Å². The van der Waals surface area contributed by atoms with E-state index in [0.29, 0.717) is 16.3 Å². The first-order valence-corrected chi connectivity index (χ1v) is 7.01. The van der Waals surface area contributed by atoms with Crippen molar-refractivity contribution < 1.29 is 14.7 Å². The number of carbonyl (C=O) groups excluding carboxylic acids is 2. The lowest BCUT2D eigenvalue weighted by molar-refractivity contribution is -0.136. The molecule has 6 heteroatoms. The fourth-order valence-electron chi connectivity index (χ4n) is 1.86. The third kappa shape index (κ3) is 4.31. The summed E-state index contributed by atoms with van der Waals surface area (Å²) in [6.45, 7) is -0.327. The number of carbonyl (C=O) groups is 2. The van der Waals surface area contributed by atoms with Crippen LogP contribution in [0.2, 0.25) is 5.02 Å². The fourth-order valence-corrected chi connectivity index (χ4v) is 1.99. The van der Waals surface area contributed by atoms with Crippen LogP contribution in [0.1, 0.15) is 11.6 Å². The summed E-state index contributed by atoms with van der Waals surface area (Å²) in [5.74, 6) is -1.61. The first-order valence-electron chi connectivity index (χ1n) is 6.63. The molecule has 0 fully saturated rings. The van der Waals surface area contributed by atoms with Crippen molar-refractivity contribution in [1.82, 2.24) is 5.32 Å². The number of aliphatic hydroxyl groups is 1. The van der Waals surface area contributed by atoms with E-state index in [1.807, 2.05) is 0 Å². The maximum absolute atomic E-state index is 11.9. The molecule has 2 aromatic rings. The Morgan fingerprint density at radius 1 is 1.00 bits per heavy atom. The number of anilines is 1. The number of para-hydroxylation sites is 1. The first kappa shape index (κ1) is 16.0. The largest absolute Gasteiger partial charge is 0.394 e. The van der Waals surface area contributed by atoms with Gasteiger partial charge in [0.05, 0.1) is 12.6 Å². The van der Waals surface area contributed by atoms with Crippen molar-refractivity contribution >= 4 is 29.1 Å². The number of aliphatic hydroxyl groups excluding tert-OH is 1. The van der Waals surface area contributed by atoms with Gasteiger partial charge in [-0.3, -0.25) is 9.59 Å². The van der Waals surface area contributed by atoms with Crippen LogP contribution in [0, 0.1) is 0 Å². The summed E-state index contributed by atoms with van der Waals surface area (Å²) in [7, 11) is 0.